The van der Waals surface area contributed by atoms with Gasteiger partial charge in [-0.25, -0.2) is 4.39 Å². The van der Waals surface area contributed by atoms with E-state index in [1.54, 1.807) is 13.0 Å². The molecule has 0 aliphatic heterocycles. The molecule has 0 radical (unpaired) electrons. The fourth-order valence-electron chi connectivity index (χ4n) is 1.37. The van der Waals surface area contributed by atoms with Gasteiger partial charge < -0.3 is 9.87 Å². The molecule has 0 saturated heterocycles. The maximum absolute atomic E-state index is 13.8. The molecule has 1 rings (SSSR count). The minimum absolute atomic E-state index is 0.0269. The molecular weight excluding hydrogens is 279 g/mol. The molecule has 0 aliphatic rings. The van der Waals surface area contributed by atoms with Gasteiger partial charge >= 0.3 is 0 Å². The highest BCUT2D eigenvalue weighted by Crippen LogP contribution is 2.19. The predicted molar refractivity (Wildman–Crippen MR) is 79.9 cm³/mol. The molecule has 1 aromatic carbocycles. The van der Waals surface area contributed by atoms with Crippen molar-refractivity contribution in [3.63, 3.8) is 0 Å². The Labute approximate surface area is 121 Å². The molecule has 0 aromatic heterocycles. The zero-order chi connectivity index (χ0) is 15.5. The van der Waals surface area contributed by atoms with Crippen LogP contribution in [0.5, 0.6) is 0 Å². The van der Waals surface area contributed by atoms with E-state index in [-0.39, 0.29) is 5.56 Å². The summed E-state index contributed by atoms with van der Waals surface area (Å²) in [6.45, 7) is 7.11. The van der Waals surface area contributed by atoms with Crippen molar-refractivity contribution >= 4 is 23.0 Å². The molecule has 1 aromatic rings. The van der Waals surface area contributed by atoms with Crippen molar-refractivity contribution in [2.24, 2.45) is 4.40 Å². The van der Waals surface area contributed by atoms with E-state index in [4.69, 9.17) is 0 Å². The van der Waals surface area contributed by atoms with E-state index in [1.807, 2.05) is 20.8 Å². The highest BCUT2D eigenvalue weighted by Gasteiger charge is 2.27. The summed E-state index contributed by atoms with van der Waals surface area (Å²) in [5, 5.41) is 2.37. The normalized spacial score (nSPS) is 14.1. The molecule has 6 heteroatoms. The number of benzene rings is 1. The van der Waals surface area contributed by atoms with Crippen LogP contribution in [0, 0.1) is 5.82 Å². The van der Waals surface area contributed by atoms with Gasteiger partial charge in [0, 0.05) is 12.6 Å². The van der Waals surface area contributed by atoms with Crippen LogP contribution in [0.4, 0.5) is 4.39 Å². The number of hydrogen-bond donors (Lipinski definition) is 1. The van der Waals surface area contributed by atoms with Gasteiger partial charge in [-0.1, -0.05) is 10.5 Å². The molecule has 0 unspecified atom stereocenters. The van der Waals surface area contributed by atoms with Crippen LogP contribution >= 0.6 is 0 Å². The zero-order valence-corrected chi connectivity index (χ0v) is 13.1. The van der Waals surface area contributed by atoms with Crippen LogP contribution in [0.3, 0.4) is 0 Å². The lowest BCUT2D eigenvalue weighted by atomic mass is 10.1. The van der Waals surface area contributed by atoms with Gasteiger partial charge in [0.1, 0.15) is 21.9 Å². The second-order valence-corrected chi connectivity index (χ2v) is 7.22. The van der Waals surface area contributed by atoms with Crippen LogP contribution in [0.2, 0.25) is 0 Å². The molecule has 1 amide bonds. The number of rotatable bonds is 3. The Bertz CT molecular complexity index is 538. The Balaban J connectivity index is 3.07. The first-order valence-electron chi connectivity index (χ1n) is 6.16. The number of carbonyl (C=O) groups is 1. The van der Waals surface area contributed by atoms with Gasteiger partial charge in [-0.15, -0.1) is 0 Å². The average Bonchev–Trinajstić information content (AvgIpc) is 2.36. The number of nitrogens with one attached hydrogen (secondary N) is 1. The summed E-state index contributed by atoms with van der Waals surface area (Å²) < 4.78 is 29.4. The Morgan fingerprint density at radius 1 is 1.40 bits per heavy atom. The van der Waals surface area contributed by atoms with Gasteiger partial charge in [-0.3, -0.25) is 4.79 Å². The fourth-order valence-corrected chi connectivity index (χ4v) is 2.00. The molecule has 0 saturated carbocycles. The third-order valence-corrected chi connectivity index (χ3v) is 4.09. The lowest BCUT2D eigenvalue weighted by Gasteiger charge is -2.18. The summed E-state index contributed by atoms with van der Waals surface area (Å²) in [6.07, 6.45) is 0. The van der Waals surface area contributed by atoms with Crippen molar-refractivity contribution in [1.29, 1.82) is 0 Å². The van der Waals surface area contributed by atoms with Crippen LogP contribution in [0.25, 0.3) is 0 Å². The van der Waals surface area contributed by atoms with Crippen molar-refractivity contribution in [1.82, 2.24) is 5.32 Å². The highest BCUT2D eigenvalue weighted by atomic mass is 32.2. The zero-order valence-electron chi connectivity index (χ0n) is 12.3. The van der Waals surface area contributed by atoms with Crippen LogP contribution in [0.1, 0.15) is 43.6 Å². The van der Waals surface area contributed by atoms with Crippen LogP contribution in [-0.4, -0.2) is 28.0 Å². The SMILES string of the molecule is CNC(=O)c1ccc(C(C)=N[S@@+]([O-])C(C)(C)C)cc1F. The van der Waals surface area contributed by atoms with Gasteiger partial charge in [-0.2, -0.15) is 0 Å². The van der Waals surface area contributed by atoms with Crippen LogP contribution < -0.4 is 5.32 Å². The largest absolute Gasteiger partial charge is 0.591 e. The molecule has 0 fully saturated rings. The standard InChI is InChI=1S/C14H19FN2O2S/c1-9(17-20(19)14(2,3)4)10-6-7-11(12(15)8-10)13(18)16-5/h6-8H,1-5H3,(H,16,18)/t20-/m0/s1. The molecule has 4 nitrogen and oxygen atoms in total. The third-order valence-electron chi connectivity index (χ3n) is 2.60. The summed E-state index contributed by atoms with van der Waals surface area (Å²) in [4.78, 5) is 11.4. The van der Waals surface area contributed by atoms with Crippen molar-refractivity contribution in [3.05, 3.63) is 35.1 Å². The first-order chi connectivity index (χ1) is 9.16. The van der Waals surface area contributed by atoms with Crippen LogP contribution in [-0.2, 0) is 11.4 Å². The van der Waals surface area contributed by atoms with Gasteiger partial charge in [0.25, 0.3) is 5.91 Å². The molecule has 1 atom stereocenters. The van der Waals surface area contributed by atoms with Gasteiger partial charge in [0.05, 0.1) is 11.3 Å². The lowest BCUT2D eigenvalue weighted by Crippen LogP contribution is -2.26. The van der Waals surface area contributed by atoms with Crippen molar-refractivity contribution in [2.75, 3.05) is 7.05 Å². The maximum atomic E-state index is 13.8. The summed E-state index contributed by atoms with van der Waals surface area (Å²) in [5.74, 6) is -1.11. The molecule has 0 aliphatic carbocycles. The topological polar surface area (TPSA) is 64.5 Å². The monoisotopic (exact) mass is 298 g/mol. The predicted octanol–water partition coefficient (Wildman–Crippen LogP) is 2.46. The van der Waals surface area contributed by atoms with E-state index >= 15 is 0 Å². The molecular formula is C14H19FN2O2S. The number of halogens is 1. The Morgan fingerprint density at radius 2 is 2.00 bits per heavy atom. The molecule has 0 bridgehead atoms. The van der Waals surface area contributed by atoms with E-state index in [9.17, 15) is 13.7 Å². The van der Waals surface area contributed by atoms with Crippen molar-refractivity contribution in [3.8, 4) is 0 Å². The fraction of sp³-hybridized carbons (Fsp3) is 0.429. The Morgan fingerprint density at radius 3 is 2.45 bits per heavy atom. The number of amides is 1. The minimum Gasteiger partial charge on any atom is -0.591 e. The average molecular weight is 298 g/mol. The Hall–Kier alpha value is -1.40. The lowest BCUT2D eigenvalue weighted by molar-refractivity contribution is 0.0959. The van der Waals surface area contributed by atoms with Crippen molar-refractivity contribution < 1.29 is 13.7 Å². The quantitative estimate of drug-likeness (QED) is 0.688. The van der Waals surface area contributed by atoms with E-state index in [2.05, 4.69) is 9.71 Å². The van der Waals surface area contributed by atoms with Gasteiger partial charge in [0.2, 0.25) is 0 Å². The van der Waals surface area contributed by atoms with Gasteiger partial charge in [0.15, 0.2) is 0 Å². The summed E-state index contributed by atoms with van der Waals surface area (Å²) in [5.41, 5.74) is 0.953. The number of carbonyl (C=O) groups excluding carboxylic acids is 1. The molecule has 110 valence electrons. The smallest absolute Gasteiger partial charge is 0.253 e. The first kappa shape index (κ1) is 16.7. The van der Waals surface area contributed by atoms with E-state index in [0.717, 1.165) is 0 Å². The first-order valence-corrected chi connectivity index (χ1v) is 7.26. The Kier molecular flexibility index (Phi) is 5.30. The highest BCUT2D eigenvalue weighted by molar-refractivity contribution is 7.91. The minimum atomic E-state index is -1.40. The molecule has 20 heavy (non-hydrogen) atoms. The van der Waals surface area contributed by atoms with Crippen molar-refractivity contribution in [2.45, 2.75) is 32.4 Å². The summed E-state index contributed by atoms with van der Waals surface area (Å²) in [7, 11) is 1.44. The second-order valence-electron chi connectivity index (χ2n) is 5.31. The second kappa shape index (κ2) is 6.37. The molecule has 1 N–H and O–H groups in total. The van der Waals surface area contributed by atoms with E-state index in [1.165, 1.54) is 19.2 Å². The maximum Gasteiger partial charge on any atom is 0.253 e. The third kappa shape index (κ3) is 4.05. The van der Waals surface area contributed by atoms with E-state index in [0.29, 0.717) is 11.3 Å². The summed E-state index contributed by atoms with van der Waals surface area (Å²) >= 11 is -1.40. The number of hydrogen-bond acceptors (Lipinski definition) is 3. The van der Waals surface area contributed by atoms with Crippen LogP contribution in [0.15, 0.2) is 22.6 Å². The summed E-state index contributed by atoms with van der Waals surface area (Å²) in [6, 6.07) is 4.21. The number of nitrogens with zero attached hydrogens (tertiary/aromatic N) is 1. The van der Waals surface area contributed by atoms with E-state index < -0.39 is 27.8 Å². The molecule has 0 spiro atoms. The van der Waals surface area contributed by atoms with Gasteiger partial charge in [-0.05, 0) is 39.8 Å². The molecule has 0 heterocycles.